The van der Waals surface area contributed by atoms with Gasteiger partial charge in [0.1, 0.15) is 11.6 Å². The summed E-state index contributed by atoms with van der Waals surface area (Å²) in [5, 5.41) is 0. The van der Waals surface area contributed by atoms with Crippen molar-refractivity contribution in [2.24, 2.45) is 12.8 Å². The smallest absolute Gasteiger partial charge is 0.123 e. The summed E-state index contributed by atoms with van der Waals surface area (Å²) in [7, 11) is 5.76. The van der Waals surface area contributed by atoms with Gasteiger partial charge in [0.2, 0.25) is 0 Å². The van der Waals surface area contributed by atoms with Gasteiger partial charge in [-0.1, -0.05) is 18.2 Å². The molecule has 5 heteroatoms. The van der Waals surface area contributed by atoms with Crippen LogP contribution < -0.4 is 10.5 Å². The highest BCUT2D eigenvalue weighted by atomic mass is 16.5. The van der Waals surface area contributed by atoms with E-state index in [0.717, 1.165) is 23.7 Å². The molecular formula is C16H24N4O. The minimum atomic E-state index is -0.0217. The molecule has 0 radical (unpaired) electrons. The molecule has 5 nitrogen and oxygen atoms in total. The maximum absolute atomic E-state index is 6.24. The van der Waals surface area contributed by atoms with Gasteiger partial charge in [0.25, 0.3) is 0 Å². The Hall–Kier alpha value is -1.85. The molecule has 2 rings (SSSR count). The van der Waals surface area contributed by atoms with Crippen molar-refractivity contribution in [1.29, 1.82) is 0 Å². The molecule has 0 aliphatic rings. The highest BCUT2D eigenvalue weighted by Crippen LogP contribution is 2.31. The van der Waals surface area contributed by atoms with Gasteiger partial charge in [-0.05, 0) is 20.0 Å². The fourth-order valence-electron chi connectivity index (χ4n) is 2.70. The van der Waals surface area contributed by atoms with E-state index in [1.54, 1.807) is 7.11 Å². The van der Waals surface area contributed by atoms with Gasteiger partial charge in [0.05, 0.1) is 19.7 Å². The largest absolute Gasteiger partial charge is 0.496 e. The fraction of sp³-hybridized carbons (Fsp3) is 0.438. The van der Waals surface area contributed by atoms with E-state index in [0.29, 0.717) is 0 Å². The summed E-state index contributed by atoms with van der Waals surface area (Å²) in [6.45, 7) is 2.75. The van der Waals surface area contributed by atoms with E-state index in [1.165, 1.54) is 0 Å². The zero-order valence-electron chi connectivity index (χ0n) is 13.2. The maximum atomic E-state index is 6.24. The normalized spacial score (nSPS) is 14.2. The number of para-hydroxylation sites is 1. The summed E-state index contributed by atoms with van der Waals surface area (Å²) in [4.78, 5) is 6.60. The molecule has 0 saturated carbocycles. The molecular weight excluding hydrogens is 264 g/mol. The predicted molar refractivity (Wildman–Crippen MR) is 84.1 cm³/mol. The maximum Gasteiger partial charge on any atom is 0.123 e. The van der Waals surface area contributed by atoms with Gasteiger partial charge in [-0.3, -0.25) is 4.90 Å². The Kier molecular flexibility index (Phi) is 4.98. The number of ether oxygens (including phenoxy) is 1. The second-order valence-corrected chi connectivity index (χ2v) is 5.42. The average molecular weight is 288 g/mol. The fourth-order valence-corrected chi connectivity index (χ4v) is 2.70. The Morgan fingerprint density at radius 2 is 2.10 bits per heavy atom. The highest BCUT2D eigenvalue weighted by molar-refractivity contribution is 5.36. The molecule has 0 aliphatic heterocycles. The number of rotatable bonds is 6. The van der Waals surface area contributed by atoms with Crippen molar-refractivity contribution in [3.05, 3.63) is 48.0 Å². The Morgan fingerprint density at radius 3 is 2.67 bits per heavy atom. The lowest BCUT2D eigenvalue weighted by molar-refractivity contribution is 0.200. The van der Waals surface area contributed by atoms with Crippen LogP contribution in [0.5, 0.6) is 5.75 Å². The van der Waals surface area contributed by atoms with Crippen LogP contribution in [0.25, 0.3) is 0 Å². The molecule has 2 unspecified atom stereocenters. The van der Waals surface area contributed by atoms with Crippen molar-refractivity contribution in [3.63, 3.8) is 0 Å². The zero-order chi connectivity index (χ0) is 15.4. The summed E-state index contributed by atoms with van der Waals surface area (Å²) >= 11 is 0. The lowest BCUT2D eigenvalue weighted by Crippen LogP contribution is -2.37. The highest BCUT2D eigenvalue weighted by Gasteiger charge is 2.25. The van der Waals surface area contributed by atoms with E-state index >= 15 is 0 Å². The number of aromatic nitrogens is 2. The first-order valence-corrected chi connectivity index (χ1v) is 7.09. The molecule has 1 aromatic heterocycles. The quantitative estimate of drug-likeness (QED) is 0.882. The molecule has 0 spiro atoms. The zero-order valence-corrected chi connectivity index (χ0v) is 13.2. The number of aryl methyl sites for hydroxylation is 1. The van der Waals surface area contributed by atoms with Crippen LogP contribution in [0.15, 0.2) is 36.7 Å². The Balaban J connectivity index is 2.28. The molecule has 0 fully saturated rings. The third-order valence-corrected chi connectivity index (χ3v) is 3.74. The Morgan fingerprint density at radius 1 is 1.38 bits per heavy atom. The number of nitrogens with zero attached hydrogens (tertiary/aromatic N) is 3. The van der Waals surface area contributed by atoms with E-state index < -0.39 is 0 Å². The van der Waals surface area contributed by atoms with Gasteiger partial charge in [-0.15, -0.1) is 0 Å². The summed E-state index contributed by atoms with van der Waals surface area (Å²) in [6.07, 6.45) is 3.76. The second kappa shape index (κ2) is 6.74. The van der Waals surface area contributed by atoms with Gasteiger partial charge < -0.3 is 15.0 Å². The van der Waals surface area contributed by atoms with E-state index in [9.17, 15) is 0 Å². The molecule has 2 aromatic rings. The molecule has 2 N–H and O–H groups in total. The van der Waals surface area contributed by atoms with Crippen LogP contribution in [-0.4, -0.2) is 34.7 Å². The third-order valence-electron chi connectivity index (χ3n) is 3.74. The van der Waals surface area contributed by atoms with Crippen LogP contribution in [-0.2, 0) is 13.6 Å². The first-order valence-electron chi connectivity index (χ1n) is 7.09. The number of hydrogen-bond donors (Lipinski definition) is 1. The molecule has 0 bridgehead atoms. The van der Waals surface area contributed by atoms with Crippen LogP contribution in [0.3, 0.4) is 0 Å². The first-order chi connectivity index (χ1) is 10.0. The van der Waals surface area contributed by atoms with Crippen LogP contribution in [0, 0.1) is 0 Å². The SMILES string of the molecule is COc1ccccc1C(C(C)N)N(C)Cc1nccn1C. The van der Waals surface area contributed by atoms with E-state index in [4.69, 9.17) is 10.5 Å². The van der Waals surface area contributed by atoms with E-state index in [1.807, 2.05) is 49.1 Å². The monoisotopic (exact) mass is 288 g/mol. The van der Waals surface area contributed by atoms with Gasteiger partial charge in [0, 0.05) is 31.0 Å². The van der Waals surface area contributed by atoms with Crippen LogP contribution in [0.4, 0.5) is 0 Å². The van der Waals surface area contributed by atoms with Crippen molar-refractivity contribution >= 4 is 0 Å². The lowest BCUT2D eigenvalue weighted by Gasteiger charge is -2.32. The average Bonchev–Trinajstić information content (AvgIpc) is 2.84. The second-order valence-electron chi connectivity index (χ2n) is 5.42. The number of methoxy groups -OCH3 is 1. The minimum Gasteiger partial charge on any atom is -0.496 e. The van der Waals surface area contributed by atoms with Crippen LogP contribution in [0.2, 0.25) is 0 Å². The lowest BCUT2D eigenvalue weighted by atomic mass is 9.98. The topological polar surface area (TPSA) is 56.3 Å². The number of benzene rings is 1. The number of imidazole rings is 1. The molecule has 1 heterocycles. The first kappa shape index (κ1) is 15.5. The molecule has 21 heavy (non-hydrogen) atoms. The molecule has 0 amide bonds. The van der Waals surface area contributed by atoms with Gasteiger partial charge in [-0.2, -0.15) is 0 Å². The molecule has 0 aliphatic carbocycles. The van der Waals surface area contributed by atoms with Crippen molar-refractivity contribution in [1.82, 2.24) is 14.5 Å². The van der Waals surface area contributed by atoms with E-state index in [-0.39, 0.29) is 12.1 Å². The van der Waals surface area contributed by atoms with Crippen molar-refractivity contribution in [3.8, 4) is 5.75 Å². The summed E-state index contributed by atoms with van der Waals surface area (Å²) in [5.41, 5.74) is 7.34. The Labute approximate surface area is 126 Å². The Bertz CT molecular complexity index is 579. The molecule has 0 saturated heterocycles. The number of hydrogen-bond acceptors (Lipinski definition) is 4. The van der Waals surface area contributed by atoms with Crippen LogP contribution in [0.1, 0.15) is 24.4 Å². The number of nitrogens with two attached hydrogens (primary N) is 1. The van der Waals surface area contributed by atoms with Gasteiger partial charge >= 0.3 is 0 Å². The van der Waals surface area contributed by atoms with Crippen molar-refractivity contribution in [2.45, 2.75) is 25.6 Å². The minimum absolute atomic E-state index is 0.0217. The summed E-state index contributed by atoms with van der Waals surface area (Å²) in [6, 6.07) is 8.08. The molecule has 1 aromatic carbocycles. The molecule has 2 atom stereocenters. The summed E-state index contributed by atoms with van der Waals surface area (Å²) < 4.78 is 7.51. The van der Waals surface area contributed by atoms with E-state index in [2.05, 4.69) is 23.0 Å². The molecule has 114 valence electrons. The van der Waals surface area contributed by atoms with Crippen molar-refractivity contribution < 1.29 is 4.74 Å². The van der Waals surface area contributed by atoms with Gasteiger partial charge in [0.15, 0.2) is 0 Å². The standard InChI is InChI=1S/C16H24N4O/c1-12(17)16(13-7-5-6-8-14(13)21-4)20(3)11-15-18-9-10-19(15)2/h5-10,12,16H,11,17H2,1-4H3. The summed E-state index contributed by atoms with van der Waals surface area (Å²) in [5.74, 6) is 1.88. The van der Waals surface area contributed by atoms with Crippen molar-refractivity contribution in [2.75, 3.05) is 14.2 Å². The van der Waals surface area contributed by atoms with Crippen LogP contribution >= 0.6 is 0 Å². The third kappa shape index (κ3) is 3.43. The number of likely N-dealkylation sites (N-methyl/N-ethyl adjacent to an activating group) is 1. The van der Waals surface area contributed by atoms with Gasteiger partial charge in [-0.25, -0.2) is 4.98 Å². The predicted octanol–water partition coefficient (Wildman–Crippen LogP) is 1.95.